The largest absolute Gasteiger partial charge is 0.507 e. The van der Waals surface area contributed by atoms with Gasteiger partial charge < -0.3 is 33.4 Å². The number of rotatable bonds is 6. The number of ether oxygens (including phenoxy) is 4. The highest BCUT2D eigenvalue weighted by molar-refractivity contribution is 6.46. The Balaban J connectivity index is 1.62. The van der Waals surface area contributed by atoms with E-state index in [-0.39, 0.29) is 30.2 Å². The van der Waals surface area contributed by atoms with Gasteiger partial charge in [-0.05, 0) is 48.0 Å². The number of amides is 1. The number of likely N-dealkylation sites (tertiary alicyclic amines) is 1. The lowest BCUT2D eigenvalue weighted by atomic mass is 9.98. The van der Waals surface area contributed by atoms with Gasteiger partial charge in [0.05, 0.1) is 31.6 Å². The number of benzene rings is 2. The third kappa shape index (κ3) is 3.51. The molecule has 34 heavy (non-hydrogen) atoms. The summed E-state index contributed by atoms with van der Waals surface area (Å²) in [7, 11) is 2.93. The first-order chi connectivity index (χ1) is 16.5. The van der Waals surface area contributed by atoms with Crippen LogP contribution >= 0.6 is 0 Å². The zero-order chi connectivity index (χ0) is 23.8. The molecule has 1 amide bonds. The van der Waals surface area contributed by atoms with E-state index in [9.17, 15) is 14.7 Å². The first kappa shape index (κ1) is 21.4. The molecule has 1 atom stereocenters. The topological polar surface area (TPSA) is 108 Å². The molecule has 9 nitrogen and oxygen atoms in total. The average Bonchev–Trinajstić information content (AvgIpc) is 3.60. The monoisotopic (exact) mass is 463 g/mol. The number of hydrogen-bond acceptors (Lipinski definition) is 8. The number of hydrogen-bond donors (Lipinski definition) is 1. The minimum absolute atomic E-state index is 0.0820. The Hall–Kier alpha value is -4.40. The zero-order valence-electron chi connectivity index (χ0n) is 18.4. The van der Waals surface area contributed by atoms with Crippen molar-refractivity contribution in [1.29, 1.82) is 0 Å². The number of nitrogens with zero attached hydrogens (tertiary/aromatic N) is 1. The predicted molar refractivity (Wildman–Crippen MR) is 119 cm³/mol. The van der Waals surface area contributed by atoms with Crippen LogP contribution in [0.4, 0.5) is 0 Å². The molecule has 3 heterocycles. The number of furan rings is 1. The number of aliphatic hydroxyl groups excluding tert-OH is 1. The van der Waals surface area contributed by atoms with Crippen LogP contribution in [0.1, 0.15) is 22.9 Å². The maximum atomic E-state index is 13.2. The van der Waals surface area contributed by atoms with Crippen LogP contribution in [0, 0.1) is 0 Å². The fourth-order valence-corrected chi connectivity index (χ4v) is 4.17. The van der Waals surface area contributed by atoms with E-state index >= 15 is 0 Å². The van der Waals surface area contributed by atoms with E-state index in [0.717, 1.165) is 5.56 Å². The molecule has 0 saturated carbocycles. The van der Waals surface area contributed by atoms with E-state index in [0.29, 0.717) is 28.8 Å². The van der Waals surface area contributed by atoms with Crippen molar-refractivity contribution >= 4 is 17.4 Å². The minimum Gasteiger partial charge on any atom is -0.507 e. The van der Waals surface area contributed by atoms with Crippen molar-refractivity contribution in [3.63, 3.8) is 0 Å². The molecule has 0 bridgehead atoms. The van der Waals surface area contributed by atoms with Crippen LogP contribution in [0.5, 0.6) is 23.0 Å². The lowest BCUT2D eigenvalue weighted by Gasteiger charge is -2.23. The van der Waals surface area contributed by atoms with Gasteiger partial charge >= 0.3 is 0 Å². The Labute approximate surface area is 194 Å². The highest BCUT2D eigenvalue weighted by Crippen LogP contribution is 2.43. The molecule has 2 aliphatic rings. The summed E-state index contributed by atoms with van der Waals surface area (Å²) in [5, 5.41) is 11.3. The number of carbonyl (C=O) groups excluding carboxylic acids is 2. The second-order valence-electron chi connectivity index (χ2n) is 7.70. The number of methoxy groups -OCH3 is 2. The summed E-state index contributed by atoms with van der Waals surface area (Å²) >= 11 is 0. The van der Waals surface area contributed by atoms with Gasteiger partial charge in [-0.15, -0.1) is 0 Å². The number of Topliss-reactive ketones (excluding diaryl/α,β-unsaturated/α-hetero) is 1. The lowest BCUT2D eigenvalue weighted by Crippen LogP contribution is -2.29. The molecule has 1 saturated heterocycles. The Morgan fingerprint density at radius 2 is 1.88 bits per heavy atom. The van der Waals surface area contributed by atoms with E-state index in [1.807, 2.05) is 0 Å². The molecule has 0 spiro atoms. The van der Waals surface area contributed by atoms with Crippen molar-refractivity contribution < 1.29 is 38.1 Å². The predicted octanol–water partition coefficient (Wildman–Crippen LogP) is 3.65. The highest BCUT2D eigenvalue weighted by atomic mass is 16.7. The molecular weight excluding hydrogens is 442 g/mol. The molecule has 2 aromatic carbocycles. The highest BCUT2D eigenvalue weighted by Gasteiger charge is 2.47. The normalized spacial score (nSPS) is 18.4. The van der Waals surface area contributed by atoms with Crippen LogP contribution < -0.4 is 18.9 Å². The molecule has 5 rings (SSSR count). The van der Waals surface area contributed by atoms with Crippen molar-refractivity contribution in [2.24, 2.45) is 0 Å². The molecule has 1 N–H and O–H groups in total. The Bertz CT molecular complexity index is 1290. The number of carbonyl (C=O) groups is 2. The maximum Gasteiger partial charge on any atom is 0.296 e. The van der Waals surface area contributed by atoms with Gasteiger partial charge in [0.2, 0.25) is 6.79 Å². The summed E-state index contributed by atoms with van der Waals surface area (Å²) < 4.78 is 27.0. The quantitative estimate of drug-likeness (QED) is 0.335. The first-order valence-corrected chi connectivity index (χ1v) is 10.4. The fourth-order valence-electron chi connectivity index (χ4n) is 4.17. The molecule has 1 aromatic heterocycles. The van der Waals surface area contributed by atoms with Gasteiger partial charge in [-0.25, -0.2) is 0 Å². The molecule has 2 aliphatic heterocycles. The van der Waals surface area contributed by atoms with Crippen molar-refractivity contribution in [3.8, 4) is 23.0 Å². The van der Waals surface area contributed by atoms with Gasteiger partial charge in [0.25, 0.3) is 11.7 Å². The van der Waals surface area contributed by atoms with E-state index in [1.165, 1.54) is 25.4 Å². The summed E-state index contributed by atoms with van der Waals surface area (Å²) in [6, 6.07) is 12.5. The van der Waals surface area contributed by atoms with Crippen LogP contribution in [0.15, 0.2) is 64.8 Å². The third-order valence-electron chi connectivity index (χ3n) is 5.80. The smallest absolute Gasteiger partial charge is 0.296 e. The molecule has 1 unspecified atom stereocenters. The standard InChI is InChI=1S/C25H21NO8/c1-30-15-6-8-17(31-2)16(11-15)23(27)21-22(19-4-3-9-32-19)26(25(29)24(21)28)12-14-5-7-18-20(10-14)34-13-33-18/h3-11,22,27H,12-13H2,1-2H3/b23-21-. The second-order valence-corrected chi connectivity index (χ2v) is 7.70. The van der Waals surface area contributed by atoms with Gasteiger partial charge in [0.1, 0.15) is 29.1 Å². The molecule has 0 aliphatic carbocycles. The van der Waals surface area contributed by atoms with E-state index in [1.54, 1.807) is 48.5 Å². The summed E-state index contributed by atoms with van der Waals surface area (Å²) in [5.74, 6) is 0.298. The second kappa shape index (κ2) is 8.51. The summed E-state index contributed by atoms with van der Waals surface area (Å²) in [6.07, 6.45) is 1.45. The van der Waals surface area contributed by atoms with Crippen molar-refractivity contribution in [2.75, 3.05) is 21.0 Å². The van der Waals surface area contributed by atoms with Crippen molar-refractivity contribution in [3.05, 3.63) is 77.3 Å². The minimum atomic E-state index is -0.948. The van der Waals surface area contributed by atoms with Gasteiger partial charge in [0, 0.05) is 6.54 Å². The summed E-state index contributed by atoms with van der Waals surface area (Å²) in [4.78, 5) is 27.7. The third-order valence-corrected chi connectivity index (χ3v) is 5.80. The van der Waals surface area contributed by atoms with E-state index in [4.69, 9.17) is 23.4 Å². The van der Waals surface area contributed by atoms with Crippen molar-refractivity contribution in [2.45, 2.75) is 12.6 Å². The van der Waals surface area contributed by atoms with Gasteiger partial charge in [-0.2, -0.15) is 0 Å². The molecule has 9 heteroatoms. The first-order valence-electron chi connectivity index (χ1n) is 10.4. The van der Waals surface area contributed by atoms with Gasteiger partial charge in [0.15, 0.2) is 11.5 Å². The van der Waals surface area contributed by atoms with Crippen LogP contribution in [-0.4, -0.2) is 42.7 Å². The maximum absolute atomic E-state index is 13.2. The molecular formula is C25H21NO8. The number of ketones is 1. The van der Waals surface area contributed by atoms with Crippen LogP contribution in [-0.2, 0) is 16.1 Å². The number of fused-ring (bicyclic) bond motifs is 1. The van der Waals surface area contributed by atoms with Gasteiger partial charge in [-0.3, -0.25) is 9.59 Å². The van der Waals surface area contributed by atoms with Crippen LogP contribution in [0.25, 0.3) is 5.76 Å². The molecule has 0 radical (unpaired) electrons. The summed E-state index contributed by atoms with van der Waals surface area (Å²) in [6.45, 7) is 0.205. The Morgan fingerprint density at radius 1 is 1.06 bits per heavy atom. The SMILES string of the molecule is COc1ccc(OC)c(/C(O)=C2/C(=O)C(=O)N(Cc3ccc4c(c3)OCO4)C2c2ccco2)c1. The van der Waals surface area contributed by atoms with Crippen molar-refractivity contribution in [1.82, 2.24) is 4.90 Å². The molecule has 174 valence electrons. The van der Waals surface area contributed by atoms with Gasteiger partial charge in [-0.1, -0.05) is 6.07 Å². The van der Waals surface area contributed by atoms with E-state index in [2.05, 4.69) is 0 Å². The lowest BCUT2D eigenvalue weighted by molar-refractivity contribution is -0.140. The summed E-state index contributed by atoms with van der Waals surface area (Å²) in [5.41, 5.74) is 0.841. The van der Waals surface area contributed by atoms with Crippen LogP contribution in [0.3, 0.4) is 0 Å². The molecule has 3 aromatic rings. The Morgan fingerprint density at radius 3 is 2.62 bits per heavy atom. The van der Waals surface area contributed by atoms with E-state index < -0.39 is 17.7 Å². The van der Waals surface area contributed by atoms with Crippen LogP contribution in [0.2, 0.25) is 0 Å². The Kier molecular flexibility index (Phi) is 5.37. The molecule has 1 fully saturated rings. The zero-order valence-corrected chi connectivity index (χ0v) is 18.4. The fraction of sp³-hybridized carbons (Fsp3) is 0.200. The average molecular weight is 463 g/mol. The number of aliphatic hydroxyl groups is 1.